The molecule has 0 atom stereocenters. The average molecular weight is 216 g/mol. The molecule has 0 fully saturated rings. The quantitative estimate of drug-likeness (QED) is 0.532. The van der Waals surface area contributed by atoms with E-state index in [2.05, 4.69) is 24.1 Å². The van der Waals surface area contributed by atoms with Crippen molar-refractivity contribution in [3.8, 4) is 0 Å². The molecule has 0 bridgehead atoms. The van der Waals surface area contributed by atoms with Gasteiger partial charge in [0.25, 0.3) is 0 Å². The summed E-state index contributed by atoms with van der Waals surface area (Å²) in [6.07, 6.45) is 2.60. The van der Waals surface area contributed by atoms with Crippen molar-refractivity contribution in [1.82, 2.24) is 10.2 Å². The lowest BCUT2D eigenvalue weighted by Crippen LogP contribution is -2.34. The summed E-state index contributed by atoms with van der Waals surface area (Å²) in [6, 6.07) is 0. The summed E-state index contributed by atoms with van der Waals surface area (Å²) in [5, 5.41) is 3.39. The fraction of sp³-hybridized carbons (Fsp3) is 1.00. The Bertz CT molecular complexity index is 120. The van der Waals surface area contributed by atoms with Crippen LogP contribution in [0.3, 0.4) is 0 Å². The molecular formula is C12H28N2O. The molecule has 0 spiro atoms. The van der Waals surface area contributed by atoms with Gasteiger partial charge < -0.3 is 15.0 Å². The highest BCUT2D eigenvalue weighted by Gasteiger charge is 1.99. The van der Waals surface area contributed by atoms with Gasteiger partial charge in [0.05, 0.1) is 6.61 Å². The fourth-order valence-electron chi connectivity index (χ4n) is 1.46. The van der Waals surface area contributed by atoms with Gasteiger partial charge in [-0.3, -0.25) is 0 Å². The third-order valence-electron chi connectivity index (χ3n) is 2.51. The molecule has 0 heterocycles. The molecule has 3 nitrogen and oxygen atoms in total. The van der Waals surface area contributed by atoms with E-state index >= 15 is 0 Å². The smallest absolute Gasteiger partial charge is 0.0590 e. The summed E-state index contributed by atoms with van der Waals surface area (Å²) >= 11 is 0. The first-order chi connectivity index (χ1) is 7.35. The van der Waals surface area contributed by atoms with Crippen LogP contribution in [0.1, 0.15) is 33.6 Å². The maximum absolute atomic E-state index is 5.26. The third kappa shape index (κ3) is 10.2. The minimum atomic E-state index is 0.819. The van der Waals surface area contributed by atoms with E-state index in [1.54, 1.807) is 0 Å². The predicted octanol–water partition coefficient (Wildman–Crippen LogP) is 1.73. The normalized spacial score (nSPS) is 11.2. The molecule has 0 unspecified atom stereocenters. The highest BCUT2D eigenvalue weighted by molar-refractivity contribution is 4.57. The van der Waals surface area contributed by atoms with Crippen molar-refractivity contribution in [2.24, 2.45) is 0 Å². The van der Waals surface area contributed by atoms with Crippen molar-refractivity contribution in [3.05, 3.63) is 0 Å². The van der Waals surface area contributed by atoms with E-state index in [9.17, 15) is 0 Å². The summed E-state index contributed by atoms with van der Waals surface area (Å²) in [7, 11) is 0. The lowest BCUT2D eigenvalue weighted by atomic mass is 10.3. The van der Waals surface area contributed by atoms with Crippen molar-refractivity contribution >= 4 is 0 Å². The summed E-state index contributed by atoms with van der Waals surface area (Å²) in [6.45, 7) is 13.8. The van der Waals surface area contributed by atoms with E-state index in [1.807, 2.05) is 6.92 Å². The van der Waals surface area contributed by atoms with Crippen LogP contribution < -0.4 is 5.32 Å². The van der Waals surface area contributed by atoms with E-state index in [-0.39, 0.29) is 0 Å². The Hall–Kier alpha value is -0.120. The van der Waals surface area contributed by atoms with Crippen LogP contribution in [0.25, 0.3) is 0 Å². The molecule has 0 aromatic carbocycles. The van der Waals surface area contributed by atoms with Crippen molar-refractivity contribution in [2.75, 3.05) is 45.9 Å². The van der Waals surface area contributed by atoms with Crippen LogP contribution in [0.2, 0.25) is 0 Å². The highest BCUT2D eigenvalue weighted by atomic mass is 16.5. The molecule has 3 heteroatoms. The lowest BCUT2D eigenvalue weighted by Gasteiger charge is -2.20. The minimum absolute atomic E-state index is 0.819. The van der Waals surface area contributed by atoms with Crippen molar-refractivity contribution in [2.45, 2.75) is 33.6 Å². The predicted molar refractivity (Wildman–Crippen MR) is 66.4 cm³/mol. The van der Waals surface area contributed by atoms with Gasteiger partial charge in [-0.1, -0.05) is 20.3 Å². The van der Waals surface area contributed by atoms with Crippen LogP contribution in [0.4, 0.5) is 0 Å². The second-order valence-corrected chi connectivity index (χ2v) is 3.73. The number of unbranched alkanes of at least 4 members (excludes halogenated alkanes) is 1. The van der Waals surface area contributed by atoms with Gasteiger partial charge in [-0.2, -0.15) is 0 Å². The summed E-state index contributed by atoms with van der Waals surface area (Å²) in [4.78, 5) is 2.50. The number of nitrogens with zero attached hydrogens (tertiary/aromatic N) is 1. The van der Waals surface area contributed by atoms with Gasteiger partial charge in [0, 0.05) is 26.2 Å². The number of rotatable bonds is 11. The summed E-state index contributed by atoms with van der Waals surface area (Å²) < 4.78 is 5.26. The molecule has 0 aromatic heterocycles. The Kier molecular flexibility index (Phi) is 11.9. The Morgan fingerprint density at radius 2 is 1.87 bits per heavy atom. The molecule has 0 amide bonds. The van der Waals surface area contributed by atoms with Crippen LogP contribution >= 0.6 is 0 Å². The Labute approximate surface area is 95.2 Å². The Morgan fingerprint density at radius 1 is 1.07 bits per heavy atom. The van der Waals surface area contributed by atoms with Crippen molar-refractivity contribution in [3.63, 3.8) is 0 Å². The zero-order valence-electron chi connectivity index (χ0n) is 10.7. The van der Waals surface area contributed by atoms with Crippen LogP contribution in [0.5, 0.6) is 0 Å². The molecule has 0 radical (unpaired) electrons. The van der Waals surface area contributed by atoms with E-state index in [0.717, 1.165) is 39.4 Å². The number of ether oxygens (including phenoxy) is 1. The van der Waals surface area contributed by atoms with Crippen molar-refractivity contribution < 1.29 is 4.74 Å². The van der Waals surface area contributed by atoms with Gasteiger partial charge >= 0.3 is 0 Å². The first-order valence-electron chi connectivity index (χ1n) is 6.35. The van der Waals surface area contributed by atoms with Crippen LogP contribution in [0.15, 0.2) is 0 Å². The van der Waals surface area contributed by atoms with Gasteiger partial charge in [0.15, 0.2) is 0 Å². The van der Waals surface area contributed by atoms with Gasteiger partial charge in [-0.15, -0.1) is 0 Å². The summed E-state index contributed by atoms with van der Waals surface area (Å²) in [5.74, 6) is 0. The largest absolute Gasteiger partial charge is 0.380 e. The molecule has 0 aromatic rings. The van der Waals surface area contributed by atoms with E-state index in [1.165, 1.54) is 19.4 Å². The lowest BCUT2D eigenvalue weighted by molar-refractivity contribution is 0.148. The first kappa shape index (κ1) is 14.9. The maximum atomic E-state index is 5.26. The fourth-order valence-corrected chi connectivity index (χ4v) is 1.46. The number of likely N-dealkylation sites (N-methyl/N-ethyl adjacent to an activating group) is 1. The zero-order chi connectivity index (χ0) is 11.4. The zero-order valence-corrected chi connectivity index (χ0v) is 10.7. The monoisotopic (exact) mass is 216 g/mol. The van der Waals surface area contributed by atoms with E-state index in [0.29, 0.717) is 0 Å². The SMILES string of the molecule is CCCCN(CC)CCNCCOCC. The topological polar surface area (TPSA) is 24.5 Å². The van der Waals surface area contributed by atoms with Gasteiger partial charge in [-0.25, -0.2) is 0 Å². The van der Waals surface area contributed by atoms with Gasteiger partial charge in [0.2, 0.25) is 0 Å². The van der Waals surface area contributed by atoms with Crippen LogP contribution in [-0.4, -0.2) is 50.8 Å². The van der Waals surface area contributed by atoms with Crippen LogP contribution in [0, 0.1) is 0 Å². The Balaban J connectivity index is 3.22. The van der Waals surface area contributed by atoms with Crippen molar-refractivity contribution in [1.29, 1.82) is 0 Å². The molecule has 0 aliphatic rings. The second-order valence-electron chi connectivity index (χ2n) is 3.73. The molecular weight excluding hydrogens is 188 g/mol. The van der Waals surface area contributed by atoms with Gasteiger partial charge in [-0.05, 0) is 26.4 Å². The van der Waals surface area contributed by atoms with Crippen LogP contribution in [-0.2, 0) is 4.74 Å². The molecule has 92 valence electrons. The van der Waals surface area contributed by atoms with E-state index < -0.39 is 0 Å². The molecule has 0 saturated heterocycles. The highest BCUT2D eigenvalue weighted by Crippen LogP contribution is 1.93. The average Bonchev–Trinajstić information content (AvgIpc) is 2.27. The molecule has 0 aliphatic carbocycles. The maximum Gasteiger partial charge on any atom is 0.0590 e. The molecule has 0 rings (SSSR count). The standard InChI is InChI=1S/C12H28N2O/c1-4-7-10-14(5-2)11-8-13-9-12-15-6-3/h13H,4-12H2,1-3H3. The molecule has 1 N–H and O–H groups in total. The van der Waals surface area contributed by atoms with Gasteiger partial charge in [0.1, 0.15) is 0 Å². The molecule has 0 saturated carbocycles. The Morgan fingerprint density at radius 3 is 2.47 bits per heavy atom. The third-order valence-corrected chi connectivity index (χ3v) is 2.51. The van der Waals surface area contributed by atoms with E-state index in [4.69, 9.17) is 4.74 Å². The first-order valence-corrected chi connectivity index (χ1v) is 6.35. The number of nitrogens with one attached hydrogen (secondary N) is 1. The molecule has 0 aliphatic heterocycles. The minimum Gasteiger partial charge on any atom is -0.380 e. The number of hydrogen-bond acceptors (Lipinski definition) is 3. The second kappa shape index (κ2) is 12.0. The number of hydrogen-bond donors (Lipinski definition) is 1. The molecule has 15 heavy (non-hydrogen) atoms. The summed E-state index contributed by atoms with van der Waals surface area (Å²) in [5.41, 5.74) is 0.